The van der Waals surface area contributed by atoms with Crippen LogP contribution in [0.4, 0.5) is 0 Å². The van der Waals surface area contributed by atoms with Gasteiger partial charge in [-0.3, -0.25) is 4.79 Å². The fourth-order valence-corrected chi connectivity index (χ4v) is 3.19. The highest BCUT2D eigenvalue weighted by molar-refractivity contribution is 6.01. The molecule has 0 radical (unpaired) electrons. The van der Waals surface area contributed by atoms with Crippen molar-refractivity contribution in [2.24, 2.45) is 0 Å². The van der Waals surface area contributed by atoms with Crippen molar-refractivity contribution < 1.29 is 19.0 Å². The molecule has 3 aromatic carbocycles. The highest BCUT2D eigenvalue weighted by Gasteiger charge is 2.09. The predicted octanol–water partition coefficient (Wildman–Crippen LogP) is 4.55. The molecule has 3 aromatic rings. The number of methoxy groups -OCH3 is 2. The van der Waals surface area contributed by atoms with Gasteiger partial charge in [-0.2, -0.15) is 5.26 Å². The number of rotatable bonds is 10. The topological polar surface area (TPSA) is 80.6 Å². The van der Waals surface area contributed by atoms with E-state index in [9.17, 15) is 10.1 Å². The van der Waals surface area contributed by atoms with Crippen molar-refractivity contribution >= 4 is 12.0 Å². The number of carbonyl (C=O) groups excluding carboxylic acids is 1. The second-order valence-electron chi connectivity index (χ2n) is 7.20. The highest BCUT2D eigenvalue weighted by Crippen LogP contribution is 2.25. The normalized spacial score (nSPS) is 10.8. The van der Waals surface area contributed by atoms with Gasteiger partial charge in [-0.05, 0) is 54.0 Å². The zero-order valence-corrected chi connectivity index (χ0v) is 18.7. The SMILES string of the molecule is COc1ccc(OC)c(COc2ccc(/C=C(\C#N)C(=O)NCCc3ccccc3)cc2)c1. The second kappa shape index (κ2) is 12.0. The van der Waals surface area contributed by atoms with E-state index in [2.05, 4.69) is 5.32 Å². The quantitative estimate of drug-likeness (QED) is 0.368. The molecule has 6 nitrogen and oxygen atoms in total. The summed E-state index contributed by atoms with van der Waals surface area (Å²) in [5.74, 6) is 1.70. The van der Waals surface area contributed by atoms with E-state index in [1.807, 2.05) is 54.6 Å². The molecule has 0 bridgehead atoms. The van der Waals surface area contributed by atoms with Crippen LogP contribution < -0.4 is 19.5 Å². The number of nitrogens with zero attached hydrogens (tertiary/aromatic N) is 1. The lowest BCUT2D eigenvalue weighted by atomic mass is 10.1. The molecular formula is C27H26N2O4. The van der Waals surface area contributed by atoms with Gasteiger partial charge in [-0.25, -0.2) is 0 Å². The van der Waals surface area contributed by atoms with E-state index in [0.29, 0.717) is 31.1 Å². The Morgan fingerprint density at radius 3 is 2.36 bits per heavy atom. The lowest BCUT2D eigenvalue weighted by molar-refractivity contribution is -0.117. The first-order valence-electron chi connectivity index (χ1n) is 10.5. The Balaban J connectivity index is 1.58. The average Bonchev–Trinajstić information content (AvgIpc) is 2.87. The van der Waals surface area contributed by atoms with Crippen LogP contribution in [0.15, 0.2) is 78.4 Å². The van der Waals surface area contributed by atoms with E-state index in [-0.39, 0.29) is 11.5 Å². The predicted molar refractivity (Wildman–Crippen MR) is 127 cm³/mol. The monoisotopic (exact) mass is 442 g/mol. The molecular weight excluding hydrogens is 416 g/mol. The molecule has 33 heavy (non-hydrogen) atoms. The maximum Gasteiger partial charge on any atom is 0.261 e. The standard InChI is InChI=1S/C27H26N2O4/c1-31-25-12-13-26(32-2)23(17-25)19-33-24-10-8-21(9-11-24)16-22(18-28)27(30)29-15-14-20-6-4-3-5-7-20/h3-13,16-17H,14-15,19H2,1-2H3,(H,29,30)/b22-16+. The van der Waals surface area contributed by atoms with Crippen LogP contribution in [0.2, 0.25) is 0 Å². The van der Waals surface area contributed by atoms with Crippen molar-refractivity contribution in [2.75, 3.05) is 20.8 Å². The summed E-state index contributed by atoms with van der Waals surface area (Å²) in [7, 11) is 3.22. The number of nitriles is 1. The van der Waals surface area contributed by atoms with E-state index in [0.717, 1.165) is 22.4 Å². The minimum Gasteiger partial charge on any atom is -0.497 e. The summed E-state index contributed by atoms with van der Waals surface area (Å²) in [4.78, 5) is 12.4. The molecule has 0 fully saturated rings. The van der Waals surface area contributed by atoms with Gasteiger partial charge in [0, 0.05) is 12.1 Å². The first kappa shape index (κ1) is 23.4. The van der Waals surface area contributed by atoms with Crippen LogP contribution in [0.5, 0.6) is 17.2 Å². The van der Waals surface area contributed by atoms with Crippen molar-refractivity contribution in [3.05, 3.63) is 95.1 Å². The van der Waals surface area contributed by atoms with E-state index in [1.54, 1.807) is 44.6 Å². The highest BCUT2D eigenvalue weighted by atomic mass is 16.5. The molecule has 6 heteroatoms. The molecule has 3 rings (SSSR count). The second-order valence-corrected chi connectivity index (χ2v) is 7.20. The Hall–Kier alpha value is -4.24. The molecule has 0 unspecified atom stereocenters. The van der Waals surface area contributed by atoms with Gasteiger partial charge in [0.05, 0.1) is 14.2 Å². The van der Waals surface area contributed by atoms with Crippen molar-refractivity contribution in [3.8, 4) is 23.3 Å². The van der Waals surface area contributed by atoms with Gasteiger partial charge < -0.3 is 19.5 Å². The fourth-order valence-electron chi connectivity index (χ4n) is 3.19. The van der Waals surface area contributed by atoms with E-state index in [4.69, 9.17) is 14.2 Å². The number of nitrogens with one attached hydrogen (secondary N) is 1. The summed E-state index contributed by atoms with van der Waals surface area (Å²) < 4.78 is 16.5. The van der Waals surface area contributed by atoms with Gasteiger partial charge in [-0.1, -0.05) is 42.5 Å². The maximum absolute atomic E-state index is 12.4. The summed E-state index contributed by atoms with van der Waals surface area (Å²) in [6, 6.07) is 24.5. The summed E-state index contributed by atoms with van der Waals surface area (Å²) >= 11 is 0. The maximum atomic E-state index is 12.4. The smallest absolute Gasteiger partial charge is 0.261 e. The van der Waals surface area contributed by atoms with Crippen LogP contribution in [-0.4, -0.2) is 26.7 Å². The number of amides is 1. The third-order valence-corrected chi connectivity index (χ3v) is 4.98. The van der Waals surface area contributed by atoms with Crippen molar-refractivity contribution in [3.63, 3.8) is 0 Å². The fraction of sp³-hybridized carbons (Fsp3) is 0.185. The largest absolute Gasteiger partial charge is 0.497 e. The van der Waals surface area contributed by atoms with Crippen molar-refractivity contribution in [2.45, 2.75) is 13.0 Å². The van der Waals surface area contributed by atoms with E-state index in [1.165, 1.54) is 0 Å². The van der Waals surface area contributed by atoms with Gasteiger partial charge in [0.15, 0.2) is 0 Å². The molecule has 0 atom stereocenters. The number of benzene rings is 3. The van der Waals surface area contributed by atoms with Gasteiger partial charge in [0.2, 0.25) is 0 Å². The Kier molecular flexibility index (Phi) is 8.49. The minimum atomic E-state index is -0.390. The first-order chi connectivity index (χ1) is 16.1. The number of ether oxygens (including phenoxy) is 3. The molecule has 0 saturated carbocycles. The number of hydrogen-bond acceptors (Lipinski definition) is 5. The summed E-state index contributed by atoms with van der Waals surface area (Å²) in [5, 5.41) is 12.2. The van der Waals surface area contributed by atoms with Gasteiger partial charge >= 0.3 is 0 Å². The van der Waals surface area contributed by atoms with Crippen LogP contribution in [0.25, 0.3) is 6.08 Å². The van der Waals surface area contributed by atoms with Crippen LogP contribution in [0, 0.1) is 11.3 Å². The van der Waals surface area contributed by atoms with Gasteiger partial charge in [-0.15, -0.1) is 0 Å². The third-order valence-electron chi connectivity index (χ3n) is 4.98. The van der Waals surface area contributed by atoms with Crippen molar-refractivity contribution in [1.82, 2.24) is 5.32 Å². The first-order valence-corrected chi connectivity index (χ1v) is 10.5. The molecule has 1 amide bonds. The lowest BCUT2D eigenvalue weighted by Gasteiger charge is -2.12. The van der Waals surface area contributed by atoms with Crippen LogP contribution >= 0.6 is 0 Å². The molecule has 0 spiro atoms. The Morgan fingerprint density at radius 2 is 1.70 bits per heavy atom. The van der Waals surface area contributed by atoms with Crippen molar-refractivity contribution in [1.29, 1.82) is 5.26 Å². The lowest BCUT2D eigenvalue weighted by Crippen LogP contribution is -2.26. The van der Waals surface area contributed by atoms with Crippen LogP contribution in [0.3, 0.4) is 0 Å². The summed E-state index contributed by atoms with van der Waals surface area (Å²) in [6.07, 6.45) is 2.27. The minimum absolute atomic E-state index is 0.0536. The molecule has 1 N–H and O–H groups in total. The van der Waals surface area contributed by atoms with E-state index < -0.39 is 0 Å². The molecule has 0 aliphatic carbocycles. The Morgan fingerprint density at radius 1 is 0.970 bits per heavy atom. The molecule has 0 aromatic heterocycles. The van der Waals surface area contributed by atoms with Crippen LogP contribution in [-0.2, 0) is 17.8 Å². The number of hydrogen-bond donors (Lipinski definition) is 1. The zero-order chi connectivity index (χ0) is 23.5. The molecule has 0 aliphatic heterocycles. The van der Waals surface area contributed by atoms with Crippen LogP contribution in [0.1, 0.15) is 16.7 Å². The Bertz CT molecular complexity index is 1130. The van der Waals surface area contributed by atoms with Gasteiger partial charge in [0.1, 0.15) is 35.5 Å². The van der Waals surface area contributed by atoms with Gasteiger partial charge in [0.25, 0.3) is 5.91 Å². The zero-order valence-electron chi connectivity index (χ0n) is 18.7. The Labute approximate surface area is 194 Å². The van der Waals surface area contributed by atoms with E-state index >= 15 is 0 Å². The summed E-state index contributed by atoms with van der Waals surface area (Å²) in [6.45, 7) is 0.769. The summed E-state index contributed by atoms with van der Waals surface area (Å²) in [5.41, 5.74) is 2.77. The molecule has 0 heterocycles. The molecule has 168 valence electrons. The number of carbonyl (C=O) groups is 1. The third kappa shape index (κ3) is 6.88. The molecule has 0 aliphatic rings. The average molecular weight is 443 g/mol. The molecule has 0 saturated heterocycles.